The normalized spacial score (nSPS) is 11.4. The molecule has 0 saturated carbocycles. The molecule has 0 saturated heterocycles. The van der Waals surface area contributed by atoms with Crippen LogP contribution in [-0.4, -0.2) is 25.2 Å². The van der Waals surface area contributed by atoms with Crippen LogP contribution < -0.4 is 10.1 Å². The molecule has 4 aromatic carbocycles. The Morgan fingerprint density at radius 3 is 2.26 bits per heavy atom. The number of anilines is 1. The molecular weight excluding hydrogens is 635 g/mol. The first-order chi connectivity index (χ1) is 18.1. The van der Waals surface area contributed by atoms with Gasteiger partial charge in [-0.2, -0.15) is 4.31 Å². The second kappa shape index (κ2) is 12.5. The molecule has 0 heterocycles. The predicted octanol–water partition coefficient (Wildman–Crippen LogP) is 8.03. The van der Waals surface area contributed by atoms with Gasteiger partial charge in [0, 0.05) is 16.0 Å². The molecule has 0 aliphatic rings. The number of ether oxygens (including phenoxy) is 1. The molecule has 6 nitrogen and oxygen atoms in total. The number of nitrogens with one attached hydrogen (secondary N) is 1. The minimum absolute atomic E-state index is 0.0319. The first-order valence-corrected chi connectivity index (χ1v) is 14.5. The van der Waals surface area contributed by atoms with Crippen molar-refractivity contribution in [1.29, 1.82) is 0 Å². The molecule has 196 valence electrons. The van der Waals surface area contributed by atoms with Crippen LogP contribution >= 0.6 is 50.7 Å². The van der Waals surface area contributed by atoms with E-state index in [-0.39, 0.29) is 16.5 Å². The van der Waals surface area contributed by atoms with E-state index in [0.717, 1.165) is 8.78 Å². The number of sulfonamides is 1. The third kappa shape index (κ3) is 7.28. The molecule has 4 rings (SSSR count). The molecule has 1 amide bonds. The average Bonchev–Trinajstić information content (AvgIpc) is 2.88. The molecule has 0 aliphatic carbocycles. The van der Waals surface area contributed by atoms with Crippen LogP contribution in [0.25, 0.3) is 0 Å². The number of carbonyl (C=O) groups is 1. The lowest BCUT2D eigenvalue weighted by molar-refractivity contribution is -0.116. The highest BCUT2D eigenvalue weighted by atomic mass is 79.9. The van der Waals surface area contributed by atoms with E-state index in [4.69, 9.17) is 39.5 Å². The van der Waals surface area contributed by atoms with Gasteiger partial charge in [-0.25, -0.2) is 8.42 Å². The molecule has 38 heavy (non-hydrogen) atoms. The number of amides is 1. The molecule has 0 bridgehead atoms. The summed E-state index contributed by atoms with van der Waals surface area (Å²) in [5.74, 6) is 0.316. The number of halogens is 4. The standard InChI is InChI=1S/C27H20BrCl3N2O4S/c28-19-7-10-22(11-8-19)38(35,36)33(16-18-6-12-23(30)24(31)14-18)17-27(34)32-25-15-20(29)9-13-26(25)37-21-4-2-1-3-5-21/h1-15H,16-17H2,(H,32,34). The van der Waals surface area contributed by atoms with E-state index in [1.165, 1.54) is 18.2 Å². The fourth-order valence-electron chi connectivity index (χ4n) is 3.48. The first kappa shape index (κ1) is 28.4. The molecule has 0 spiro atoms. The highest BCUT2D eigenvalue weighted by Gasteiger charge is 2.27. The molecule has 0 unspecified atom stereocenters. The highest BCUT2D eigenvalue weighted by Crippen LogP contribution is 2.32. The molecule has 0 atom stereocenters. The summed E-state index contributed by atoms with van der Waals surface area (Å²) in [6, 6.07) is 24.7. The molecule has 0 fully saturated rings. The van der Waals surface area contributed by atoms with Crippen molar-refractivity contribution in [2.45, 2.75) is 11.4 Å². The quantitative estimate of drug-likeness (QED) is 0.198. The van der Waals surface area contributed by atoms with Gasteiger partial charge in [-0.15, -0.1) is 0 Å². The Morgan fingerprint density at radius 2 is 1.58 bits per heavy atom. The molecule has 0 aliphatic heterocycles. The van der Waals surface area contributed by atoms with Gasteiger partial charge in [0.2, 0.25) is 15.9 Å². The van der Waals surface area contributed by atoms with Crippen LogP contribution in [0.5, 0.6) is 11.5 Å². The monoisotopic (exact) mass is 652 g/mol. The van der Waals surface area contributed by atoms with Gasteiger partial charge in [0.1, 0.15) is 5.75 Å². The Kier molecular flexibility index (Phi) is 9.36. The van der Waals surface area contributed by atoms with Gasteiger partial charge in [-0.05, 0) is 72.3 Å². The Labute approximate surface area is 244 Å². The zero-order valence-corrected chi connectivity index (χ0v) is 24.2. The summed E-state index contributed by atoms with van der Waals surface area (Å²) in [6.07, 6.45) is 0. The van der Waals surface area contributed by atoms with Crippen molar-refractivity contribution in [2.24, 2.45) is 0 Å². The van der Waals surface area contributed by atoms with E-state index >= 15 is 0 Å². The number of rotatable bonds is 9. The Hall–Kier alpha value is -2.59. The van der Waals surface area contributed by atoms with Crippen LogP contribution in [0.2, 0.25) is 15.1 Å². The second-order valence-corrected chi connectivity index (χ2v) is 12.2. The smallest absolute Gasteiger partial charge is 0.243 e. The molecule has 1 N–H and O–H groups in total. The third-order valence-corrected chi connectivity index (χ3v) is 8.61. The lowest BCUT2D eigenvalue weighted by atomic mass is 10.2. The van der Waals surface area contributed by atoms with Crippen molar-refractivity contribution in [1.82, 2.24) is 4.31 Å². The number of hydrogen-bond acceptors (Lipinski definition) is 4. The van der Waals surface area contributed by atoms with Crippen LogP contribution in [0.15, 0.2) is 100 Å². The third-order valence-electron chi connectivity index (χ3n) is 5.30. The van der Waals surface area contributed by atoms with E-state index < -0.39 is 22.5 Å². The Balaban J connectivity index is 1.62. The van der Waals surface area contributed by atoms with Crippen LogP contribution in [0.1, 0.15) is 5.56 Å². The lowest BCUT2D eigenvalue weighted by Crippen LogP contribution is -2.37. The summed E-state index contributed by atoms with van der Waals surface area (Å²) in [6.45, 7) is -0.610. The fraction of sp³-hybridized carbons (Fsp3) is 0.0741. The van der Waals surface area contributed by atoms with Gasteiger partial charge in [0.05, 0.1) is 27.2 Å². The molecule has 0 aromatic heterocycles. The van der Waals surface area contributed by atoms with Crippen molar-refractivity contribution in [3.63, 3.8) is 0 Å². The van der Waals surface area contributed by atoms with Gasteiger partial charge in [-0.3, -0.25) is 4.79 Å². The zero-order valence-electron chi connectivity index (χ0n) is 19.6. The van der Waals surface area contributed by atoms with E-state index in [9.17, 15) is 13.2 Å². The van der Waals surface area contributed by atoms with Gasteiger partial charge < -0.3 is 10.1 Å². The fourth-order valence-corrected chi connectivity index (χ4v) is 5.62. The molecular formula is C27H20BrCl3N2O4S. The van der Waals surface area contributed by atoms with Crippen LogP contribution in [0.4, 0.5) is 5.69 Å². The molecule has 4 aromatic rings. The maximum absolute atomic E-state index is 13.6. The lowest BCUT2D eigenvalue weighted by Gasteiger charge is -2.22. The average molecular weight is 655 g/mol. The van der Waals surface area contributed by atoms with Crippen LogP contribution in [-0.2, 0) is 21.4 Å². The minimum atomic E-state index is -4.07. The highest BCUT2D eigenvalue weighted by molar-refractivity contribution is 9.10. The van der Waals surface area contributed by atoms with E-state index in [1.807, 2.05) is 18.2 Å². The summed E-state index contributed by atoms with van der Waals surface area (Å²) in [4.78, 5) is 13.2. The van der Waals surface area contributed by atoms with Crippen molar-refractivity contribution in [2.75, 3.05) is 11.9 Å². The van der Waals surface area contributed by atoms with Crippen molar-refractivity contribution in [3.8, 4) is 11.5 Å². The Bertz CT molecular complexity index is 1550. The minimum Gasteiger partial charge on any atom is -0.455 e. The molecule has 11 heteroatoms. The number of carbonyl (C=O) groups excluding carboxylic acids is 1. The van der Waals surface area contributed by atoms with Gasteiger partial charge in [-0.1, -0.05) is 75.0 Å². The summed E-state index contributed by atoms with van der Waals surface area (Å²) < 4.78 is 34.8. The van der Waals surface area contributed by atoms with Crippen molar-refractivity contribution in [3.05, 3.63) is 116 Å². The second-order valence-electron chi connectivity index (χ2n) is 8.08. The summed E-state index contributed by atoms with van der Waals surface area (Å²) in [5.41, 5.74) is 0.852. The van der Waals surface area contributed by atoms with Gasteiger partial charge in [0.15, 0.2) is 5.75 Å². The summed E-state index contributed by atoms with van der Waals surface area (Å²) >= 11 is 21.6. The predicted molar refractivity (Wildman–Crippen MR) is 155 cm³/mol. The number of para-hydroxylation sites is 1. The van der Waals surface area contributed by atoms with Crippen LogP contribution in [0, 0.1) is 0 Å². The maximum atomic E-state index is 13.6. The van der Waals surface area contributed by atoms with Crippen molar-refractivity contribution < 1.29 is 17.9 Å². The first-order valence-electron chi connectivity index (χ1n) is 11.1. The van der Waals surface area contributed by atoms with E-state index in [2.05, 4.69) is 21.2 Å². The van der Waals surface area contributed by atoms with Gasteiger partial charge in [0.25, 0.3) is 0 Å². The summed E-state index contributed by atoms with van der Waals surface area (Å²) in [7, 11) is -4.07. The Morgan fingerprint density at radius 1 is 0.868 bits per heavy atom. The zero-order chi connectivity index (χ0) is 27.3. The van der Waals surface area contributed by atoms with E-state index in [1.54, 1.807) is 54.6 Å². The SMILES string of the molecule is O=C(CN(Cc1ccc(Cl)c(Cl)c1)S(=O)(=O)c1ccc(Br)cc1)Nc1cc(Cl)ccc1Oc1ccccc1. The summed E-state index contributed by atoms with van der Waals surface area (Å²) in [5, 5.41) is 3.71. The number of nitrogens with zero attached hydrogens (tertiary/aromatic N) is 1. The van der Waals surface area contributed by atoms with Crippen molar-refractivity contribution >= 4 is 72.4 Å². The number of benzene rings is 4. The topological polar surface area (TPSA) is 75.7 Å². The number of hydrogen-bond donors (Lipinski definition) is 1. The molecule has 0 radical (unpaired) electrons. The van der Waals surface area contributed by atoms with E-state index in [0.29, 0.717) is 32.8 Å². The largest absolute Gasteiger partial charge is 0.455 e. The van der Waals surface area contributed by atoms with Gasteiger partial charge >= 0.3 is 0 Å². The van der Waals surface area contributed by atoms with Crippen LogP contribution in [0.3, 0.4) is 0 Å². The maximum Gasteiger partial charge on any atom is 0.243 e.